The summed E-state index contributed by atoms with van der Waals surface area (Å²) in [5.74, 6) is -1.17. The third-order valence-corrected chi connectivity index (χ3v) is 8.91. The number of nitrogens with zero attached hydrogens (tertiary/aromatic N) is 3. The molecule has 4 rings (SSSR count). The molecule has 2 N–H and O–H groups in total. The second-order valence-corrected chi connectivity index (χ2v) is 11.2. The van der Waals surface area contributed by atoms with Crippen molar-refractivity contribution in [1.29, 1.82) is 0 Å². The molecule has 0 aromatic heterocycles. The molecule has 12 heteroatoms. The molecule has 2 aromatic rings. The van der Waals surface area contributed by atoms with Crippen molar-refractivity contribution in [1.82, 2.24) is 14.5 Å². The third-order valence-electron chi connectivity index (χ3n) is 6.86. The Labute approximate surface area is 222 Å². The number of anilines is 2. The van der Waals surface area contributed by atoms with Gasteiger partial charge in [0.25, 0.3) is 5.91 Å². The molecule has 0 aliphatic carbocycles. The van der Waals surface area contributed by atoms with E-state index in [0.29, 0.717) is 50.6 Å². The molecule has 0 saturated carbocycles. The van der Waals surface area contributed by atoms with Gasteiger partial charge in [0.15, 0.2) is 0 Å². The van der Waals surface area contributed by atoms with Crippen molar-refractivity contribution in [2.24, 2.45) is 0 Å². The number of sulfonamides is 1. The Hall–Kier alpha value is -3.48. The van der Waals surface area contributed by atoms with Crippen LogP contribution in [-0.2, 0) is 29.9 Å². The Morgan fingerprint density at radius 3 is 2.37 bits per heavy atom. The van der Waals surface area contributed by atoms with Gasteiger partial charge in [-0.05, 0) is 30.7 Å². The Bertz CT molecular complexity index is 1310. The molecular formula is C26H33N5O6S. The largest absolute Gasteiger partial charge is 0.378 e. The van der Waals surface area contributed by atoms with E-state index in [-0.39, 0.29) is 10.6 Å². The molecule has 0 unspecified atom stereocenters. The number of benzene rings is 2. The first-order chi connectivity index (χ1) is 18.1. The van der Waals surface area contributed by atoms with Gasteiger partial charge in [-0.3, -0.25) is 14.5 Å². The maximum absolute atomic E-state index is 13.2. The fourth-order valence-electron chi connectivity index (χ4n) is 4.71. The predicted octanol–water partition coefficient (Wildman–Crippen LogP) is 1.96. The van der Waals surface area contributed by atoms with Gasteiger partial charge in [-0.25, -0.2) is 13.2 Å². The summed E-state index contributed by atoms with van der Waals surface area (Å²) in [6.45, 7) is 7.31. The van der Waals surface area contributed by atoms with E-state index in [1.807, 2.05) is 4.90 Å². The first-order valence-electron chi connectivity index (χ1n) is 12.6. The van der Waals surface area contributed by atoms with Crippen molar-refractivity contribution in [3.8, 4) is 0 Å². The van der Waals surface area contributed by atoms with Crippen molar-refractivity contribution in [3.63, 3.8) is 0 Å². The maximum Gasteiger partial charge on any atom is 0.325 e. The normalized spacial score (nSPS) is 20.1. The Balaban J connectivity index is 1.60. The van der Waals surface area contributed by atoms with Crippen molar-refractivity contribution >= 4 is 39.2 Å². The molecule has 1 atom stereocenters. The van der Waals surface area contributed by atoms with Crippen molar-refractivity contribution in [2.75, 3.05) is 56.2 Å². The van der Waals surface area contributed by atoms with E-state index in [0.717, 1.165) is 4.90 Å². The summed E-state index contributed by atoms with van der Waals surface area (Å²) < 4.78 is 33.1. The Morgan fingerprint density at radius 1 is 1.08 bits per heavy atom. The second-order valence-electron chi connectivity index (χ2n) is 9.23. The van der Waals surface area contributed by atoms with Crippen molar-refractivity contribution < 1.29 is 27.5 Å². The topological polar surface area (TPSA) is 128 Å². The summed E-state index contributed by atoms with van der Waals surface area (Å²) in [6.07, 6.45) is 0. The van der Waals surface area contributed by atoms with E-state index in [4.69, 9.17) is 4.74 Å². The standard InChI is InChI=1S/C26H33N5O6S/c1-4-30(5-2)38(35,36)20-11-12-22(29-13-15-37-16-14-29)21(17-20)27-23(32)18-31-24(33)26(3,28-25(31)34)19-9-7-6-8-10-19/h6-12,17H,4-5,13-16,18H2,1-3H3,(H,27,32)(H,28,34)/t26-/m0/s1. The molecule has 2 fully saturated rings. The number of hydrogen-bond donors (Lipinski definition) is 2. The minimum Gasteiger partial charge on any atom is -0.378 e. The van der Waals surface area contributed by atoms with Gasteiger partial charge in [-0.2, -0.15) is 4.31 Å². The van der Waals surface area contributed by atoms with Crippen LogP contribution in [-0.4, -0.2) is 81.4 Å². The van der Waals surface area contributed by atoms with E-state index < -0.39 is 40.0 Å². The smallest absolute Gasteiger partial charge is 0.325 e. The van der Waals surface area contributed by atoms with Gasteiger partial charge in [-0.1, -0.05) is 44.2 Å². The predicted molar refractivity (Wildman–Crippen MR) is 142 cm³/mol. The van der Waals surface area contributed by atoms with Crippen LogP contribution in [0, 0.1) is 0 Å². The first kappa shape index (κ1) is 27.6. The van der Waals surface area contributed by atoms with Crippen LogP contribution in [0.3, 0.4) is 0 Å². The van der Waals surface area contributed by atoms with Gasteiger partial charge in [0.1, 0.15) is 12.1 Å². The molecular weight excluding hydrogens is 510 g/mol. The van der Waals surface area contributed by atoms with Crippen molar-refractivity contribution in [3.05, 3.63) is 54.1 Å². The number of carbonyl (C=O) groups is 3. The molecule has 2 saturated heterocycles. The lowest BCUT2D eigenvalue weighted by Gasteiger charge is -2.31. The molecule has 2 aromatic carbocycles. The summed E-state index contributed by atoms with van der Waals surface area (Å²) in [5.41, 5.74) is 0.217. The average Bonchev–Trinajstić information content (AvgIpc) is 3.14. The second kappa shape index (κ2) is 11.1. The fourth-order valence-corrected chi connectivity index (χ4v) is 6.19. The SMILES string of the molecule is CCN(CC)S(=O)(=O)c1ccc(N2CCOCC2)c(NC(=O)CN2C(=O)N[C@@](C)(c3ccccc3)C2=O)c1. The summed E-state index contributed by atoms with van der Waals surface area (Å²) >= 11 is 0. The summed E-state index contributed by atoms with van der Waals surface area (Å²) in [5, 5.41) is 5.44. The minimum atomic E-state index is -3.78. The third kappa shape index (κ3) is 5.24. The van der Waals surface area contributed by atoms with Gasteiger partial charge in [0, 0.05) is 26.2 Å². The van der Waals surface area contributed by atoms with Crippen molar-refractivity contribution in [2.45, 2.75) is 31.2 Å². The number of carbonyl (C=O) groups excluding carboxylic acids is 3. The lowest BCUT2D eigenvalue weighted by Crippen LogP contribution is -2.42. The zero-order valence-electron chi connectivity index (χ0n) is 21.8. The molecule has 2 aliphatic heterocycles. The molecule has 38 heavy (non-hydrogen) atoms. The maximum atomic E-state index is 13.2. The van der Waals surface area contributed by atoms with Gasteiger partial charge >= 0.3 is 6.03 Å². The van der Waals surface area contributed by atoms with Gasteiger partial charge < -0.3 is 20.3 Å². The summed E-state index contributed by atoms with van der Waals surface area (Å²) in [7, 11) is -3.78. The van der Waals surface area contributed by atoms with E-state index in [9.17, 15) is 22.8 Å². The van der Waals surface area contributed by atoms with E-state index in [1.54, 1.807) is 57.2 Å². The number of morpholine rings is 1. The van der Waals surface area contributed by atoms with E-state index in [1.165, 1.54) is 16.4 Å². The zero-order chi connectivity index (χ0) is 27.5. The number of nitrogens with one attached hydrogen (secondary N) is 2. The highest BCUT2D eigenvalue weighted by molar-refractivity contribution is 7.89. The molecule has 2 heterocycles. The molecule has 0 spiro atoms. The highest BCUT2D eigenvalue weighted by atomic mass is 32.2. The van der Waals surface area contributed by atoms with Crippen LogP contribution < -0.4 is 15.5 Å². The Kier molecular flexibility index (Phi) is 8.05. The zero-order valence-corrected chi connectivity index (χ0v) is 22.6. The Morgan fingerprint density at radius 2 is 1.74 bits per heavy atom. The number of amides is 4. The fraction of sp³-hybridized carbons (Fsp3) is 0.423. The van der Waals surface area contributed by atoms with Crippen LogP contribution in [0.5, 0.6) is 0 Å². The van der Waals surface area contributed by atoms with Gasteiger partial charge in [0.2, 0.25) is 15.9 Å². The number of rotatable bonds is 9. The molecule has 11 nitrogen and oxygen atoms in total. The van der Waals surface area contributed by atoms with Gasteiger partial charge in [0.05, 0.1) is 29.5 Å². The van der Waals surface area contributed by atoms with Crippen LogP contribution >= 0.6 is 0 Å². The highest BCUT2D eigenvalue weighted by Crippen LogP contribution is 2.32. The highest BCUT2D eigenvalue weighted by Gasteiger charge is 2.49. The quantitative estimate of drug-likeness (QED) is 0.463. The van der Waals surface area contributed by atoms with E-state index >= 15 is 0 Å². The van der Waals surface area contributed by atoms with Crippen LogP contribution in [0.1, 0.15) is 26.3 Å². The molecule has 204 valence electrons. The van der Waals surface area contributed by atoms with Crippen LogP contribution in [0.25, 0.3) is 0 Å². The molecule has 2 aliphatic rings. The average molecular weight is 544 g/mol. The van der Waals surface area contributed by atoms with E-state index in [2.05, 4.69) is 10.6 Å². The van der Waals surface area contributed by atoms with Gasteiger partial charge in [-0.15, -0.1) is 0 Å². The number of imide groups is 1. The number of ether oxygens (including phenoxy) is 1. The minimum absolute atomic E-state index is 0.0418. The molecule has 4 amide bonds. The summed E-state index contributed by atoms with van der Waals surface area (Å²) in [6, 6.07) is 12.7. The summed E-state index contributed by atoms with van der Waals surface area (Å²) in [4.78, 5) is 42.0. The van der Waals surface area contributed by atoms with Crippen LogP contribution in [0.15, 0.2) is 53.4 Å². The number of urea groups is 1. The molecule has 0 bridgehead atoms. The lowest BCUT2D eigenvalue weighted by atomic mass is 9.92. The van der Waals surface area contributed by atoms with Crippen LogP contribution in [0.4, 0.5) is 16.2 Å². The lowest BCUT2D eigenvalue weighted by molar-refractivity contribution is -0.133. The monoisotopic (exact) mass is 543 g/mol. The first-order valence-corrected chi connectivity index (χ1v) is 14.0. The molecule has 0 radical (unpaired) electrons. The van der Waals surface area contributed by atoms with Crippen LogP contribution in [0.2, 0.25) is 0 Å². The number of hydrogen-bond acceptors (Lipinski definition) is 7.